The molecule has 0 heterocycles. The minimum Gasteiger partial charge on any atom is -0.328 e. The predicted molar refractivity (Wildman–Crippen MR) is 113 cm³/mol. The molecule has 0 N–H and O–H groups in total. The van der Waals surface area contributed by atoms with Gasteiger partial charge in [0.2, 0.25) is 0 Å². The van der Waals surface area contributed by atoms with Crippen LogP contribution in [0.15, 0.2) is 36.4 Å². The SMILES string of the molecule is [CH-]1CCCCC1.[CH2-]c1ccc2c(C(C)CCC(C)(C)C)cccc2c1.[U+2]. The van der Waals surface area contributed by atoms with Crippen LogP contribution >= 0.6 is 0 Å². The van der Waals surface area contributed by atoms with Gasteiger partial charge in [0.1, 0.15) is 0 Å². The smallest absolute Gasteiger partial charge is 0.328 e. The second kappa shape index (κ2) is 11.5. The maximum absolute atomic E-state index is 4.01. The Kier molecular flexibility index (Phi) is 10.4. The van der Waals surface area contributed by atoms with Gasteiger partial charge in [0.15, 0.2) is 0 Å². The molecule has 2 aromatic rings. The van der Waals surface area contributed by atoms with Gasteiger partial charge in [-0.15, -0.1) is 6.07 Å². The molecule has 3 rings (SSSR count). The van der Waals surface area contributed by atoms with Crippen molar-refractivity contribution >= 4 is 10.8 Å². The summed E-state index contributed by atoms with van der Waals surface area (Å²) in [6.07, 6.45) is 12.0. The van der Waals surface area contributed by atoms with Crippen LogP contribution in [-0.2, 0) is 0 Å². The van der Waals surface area contributed by atoms with Crippen molar-refractivity contribution in [2.45, 2.75) is 78.6 Å². The summed E-state index contributed by atoms with van der Waals surface area (Å²) in [5, 5.41) is 2.70. The van der Waals surface area contributed by atoms with Crippen molar-refractivity contribution in [3.63, 3.8) is 0 Å². The van der Waals surface area contributed by atoms with Crippen LogP contribution in [0.2, 0.25) is 0 Å². The Balaban J connectivity index is 0.000000410. The molecule has 0 aromatic heterocycles. The van der Waals surface area contributed by atoms with E-state index in [1.807, 2.05) is 0 Å². The zero-order valence-corrected chi connectivity index (χ0v) is 21.4. The van der Waals surface area contributed by atoms with Crippen LogP contribution in [0, 0.1) is 49.9 Å². The van der Waals surface area contributed by atoms with E-state index in [4.69, 9.17) is 0 Å². The van der Waals surface area contributed by atoms with Crippen molar-refractivity contribution in [3.8, 4) is 0 Å². The minimum atomic E-state index is 0. The maximum Gasteiger partial charge on any atom is 2.00 e. The summed E-state index contributed by atoms with van der Waals surface area (Å²) in [6, 6.07) is 13.1. The van der Waals surface area contributed by atoms with E-state index in [0.717, 1.165) is 5.56 Å². The van der Waals surface area contributed by atoms with Crippen molar-refractivity contribution in [3.05, 3.63) is 60.9 Å². The zero-order valence-electron chi connectivity index (χ0n) is 17.3. The van der Waals surface area contributed by atoms with Gasteiger partial charge in [0.05, 0.1) is 0 Å². The van der Waals surface area contributed by atoms with Gasteiger partial charge >= 0.3 is 31.1 Å². The van der Waals surface area contributed by atoms with E-state index in [9.17, 15) is 0 Å². The summed E-state index contributed by atoms with van der Waals surface area (Å²) < 4.78 is 0. The van der Waals surface area contributed by atoms with Crippen LogP contribution in [0.3, 0.4) is 0 Å². The van der Waals surface area contributed by atoms with Gasteiger partial charge in [-0.25, -0.2) is 0 Å². The average Bonchev–Trinajstić information content (AvgIpc) is 2.60. The molecule has 0 radical (unpaired) electrons. The molecule has 1 saturated carbocycles. The molecular weight excluding hydrogens is 538 g/mol. The Hall–Kier alpha value is -0.378. The number of hydrogen-bond acceptors (Lipinski definition) is 0. The monoisotopic (exact) mass is 574 g/mol. The van der Waals surface area contributed by atoms with Crippen molar-refractivity contribution in [1.29, 1.82) is 0 Å². The molecule has 0 amide bonds. The van der Waals surface area contributed by atoms with Crippen molar-refractivity contribution in [1.82, 2.24) is 0 Å². The summed E-state index contributed by atoms with van der Waals surface area (Å²) in [5.41, 5.74) is 2.98. The van der Waals surface area contributed by atoms with Gasteiger partial charge in [0.25, 0.3) is 0 Å². The van der Waals surface area contributed by atoms with Gasteiger partial charge in [-0.3, -0.25) is 0 Å². The molecule has 0 nitrogen and oxygen atoms in total. The third kappa shape index (κ3) is 8.10. The molecule has 0 spiro atoms. The van der Waals surface area contributed by atoms with Gasteiger partial charge in [-0.05, 0) is 35.1 Å². The van der Waals surface area contributed by atoms with Gasteiger partial charge in [-0.2, -0.15) is 37.5 Å². The van der Waals surface area contributed by atoms with Gasteiger partial charge in [-0.1, -0.05) is 70.5 Å². The van der Waals surface area contributed by atoms with Crippen LogP contribution in [0.1, 0.15) is 89.7 Å². The van der Waals surface area contributed by atoms with Gasteiger partial charge in [0, 0.05) is 0 Å². The fraction of sp³-hybridized carbons (Fsp3) is 0.520. The zero-order chi connectivity index (χ0) is 18.3. The third-order valence-electron chi connectivity index (χ3n) is 5.15. The molecule has 0 aliphatic heterocycles. The average molecular weight is 575 g/mol. The molecule has 1 unspecified atom stereocenters. The fourth-order valence-corrected chi connectivity index (χ4v) is 3.49. The Morgan fingerprint density at radius 2 is 1.73 bits per heavy atom. The van der Waals surface area contributed by atoms with Crippen LogP contribution < -0.4 is 0 Å². The standard InChI is InChI=1S/C19H25.C6H11.U/c1-14-9-10-18-16(13-14)7-6-8-17(18)15(2)11-12-19(3,4)5;1-2-4-6-5-3-1;/h6-10,13,15H,1,11-12H2,2-5H3;1H,2-6H2;/q2*-1;+2. The Bertz CT molecular complexity index is 635. The second-order valence-corrected chi connectivity index (χ2v) is 8.83. The molecule has 26 heavy (non-hydrogen) atoms. The first-order valence-electron chi connectivity index (χ1n) is 10.0. The molecule has 0 bridgehead atoms. The van der Waals surface area contributed by atoms with Crippen LogP contribution in [0.4, 0.5) is 0 Å². The first kappa shape index (κ1) is 23.7. The summed E-state index contributed by atoms with van der Waals surface area (Å²) in [4.78, 5) is 0. The predicted octanol–water partition coefficient (Wildman–Crippen LogP) is 8.11. The molecule has 1 heteroatoms. The van der Waals surface area contributed by atoms with E-state index < -0.39 is 0 Å². The molecule has 140 valence electrons. The Morgan fingerprint density at radius 3 is 2.27 bits per heavy atom. The quantitative estimate of drug-likeness (QED) is 0.325. The maximum atomic E-state index is 4.01. The topological polar surface area (TPSA) is 0 Å². The summed E-state index contributed by atoms with van der Waals surface area (Å²) >= 11 is 0. The number of hydrogen-bond donors (Lipinski definition) is 0. The molecule has 0 saturated heterocycles. The van der Waals surface area contributed by atoms with E-state index >= 15 is 0 Å². The normalized spacial score (nSPS) is 15.5. The van der Waals surface area contributed by atoms with Crippen LogP contribution in [0.25, 0.3) is 10.8 Å². The van der Waals surface area contributed by atoms with Crippen molar-refractivity contribution in [2.75, 3.05) is 0 Å². The van der Waals surface area contributed by atoms with Crippen molar-refractivity contribution in [2.24, 2.45) is 5.41 Å². The molecule has 2 aromatic carbocycles. The Labute approximate surface area is 185 Å². The molecule has 1 aliphatic carbocycles. The first-order valence-corrected chi connectivity index (χ1v) is 10.0. The Morgan fingerprint density at radius 1 is 1.04 bits per heavy atom. The fourth-order valence-electron chi connectivity index (χ4n) is 3.49. The summed E-state index contributed by atoms with van der Waals surface area (Å²) in [6.45, 7) is 13.3. The number of fused-ring (bicyclic) bond motifs is 1. The van der Waals surface area contributed by atoms with E-state index in [0.29, 0.717) is 11.3 Å². The second-order valence-electron chi connectivity index (χ2n) is 8.83. The molecule has 1 fully saturated rings. The van der Waals surface area contributed by atoms with E-state index in [1.165, 1.54) is 61.3 Å². The van der Waals surface area contributed by atoms with E-state index in [-0.39, 0.29) is 31.1 Å². The van der Waals surface area contributed by atoms with Crippen molar-refractivity contribution < 1.29 is 31.1 Å². The largest absolute Gasteiger partial charge is 2.00 e. The molecule has 1 aliphatic rings. The first-order chi connectivity index (χ1) is 11.9. The molecular formula is C25H36U. The number of rotatable bonds is 3. The van der Waals surface area contributed by atoms with Gasteiger partial charge < -0.3 is 6.42 Å². The van der Waals surface area contributed by atoms with Crippen LogP contribution in [-0.4, -0.2) is 0 Å². The third-order valence-corrected chi connectivity index (χ3v) is 5.15. The van der Waals surface area contributed by atoms with E-state index in [1.54, 1.807) is 0 Å². The minimum absolute atomic E-state index is 0. The number of benzene rings is 2. The van der Waals surface area contributed by atoms with Crippen LogP contribution in [0.5, 0.6) is 0 Å². The van der Waals surface area contributed by atoms with E-state index in [2.05, 4.69) is 77.4 Å². The summed E-state index contributed by atoms with van der Waals surface area (Å²) in [5.74, 6) is 0.610. The molecule has 1 atom stereocenters. The summed E-state index contributed by atoms with van der Waals surface area (Å²) in [7, 11) is 0.